The molecule has 3 aliphatic rings. The molecule has 0 aliphatic heterocycles. The molecule has 3 fully saturated rings. The maximum Gasteiger partial charge on any atom is 0.0583 e. The van der Waals surface area contributed by atoms with Crippen molar-refractivity contribution in [3.8, 4) is 0 Å². The molecule has 0 bridgehead atoms. The van der Waals surface area contributed by atoms with Gasteiger partial charge in [0.25, 0.3) is 0 Å². The van der Waals surface area contributed by atoms with Crippen molar-refractivity contribution in [3.05, 3.63) is 34.9 Å². The molecule has 0 saturated heterocycles. The highest BCUT2D eigenvalue weighted by atomic mass is 16.3. The Kier molecular flexibility index (Phi) is 7.52. The first kappa shape index (κ1) is 22.9. The van der Waals surface area contributed by atoms with Crippen LogP contribution in [-0.2, 0) is 0 Å². The van der Waals surface area contributed by atoms with Gasteiger partial charge in [-0.3, -0.25) is 0 Å². The highest BCUT2D eigenvalue weighted by Crippen LogP contribution is 2.60. The summed E-state index contributed by atoms with van der Waals surface area (Å²) in [4.78, 5) is 0. The fraction of sp³-hybridized carbons (Fsp3) is 0.786. The molecule has 0 heterocycles. The Morgan fingerprint density at radius 2 is 1.93 bits per heavy atom. The van der Waals surface area contributed by atoms with Crippen LogP contribution >= 0.6 is 0 Å². The average Bonchev–Trinajstić information content (AvgIpc) is 3.01. The van der Waals surface area contributed by atoms with Crippen molar-refractivity contribution in [1.82, 2.24) is 0 Å². The molecule has 3 saturated carbocycles. The Balaban J connectivity index is 1.75. The maximum absolute atomic E-state index is 10.1. The van der Waals surface area contributed by atoms with E-state index in [0.717, 1.165) is 42.9 Å². The Morgan fingerprint density at radius 3 is 2.66 bits per heavy atom. The number of hydrogen-bond donors (Lipinski definition) is 1. The van der Waals surface area contributed by atoms with E-state index in [2.05, 4.69) is 47.3 Å². The number of allylic oxidation sites excluding steroid dienone is 4. The monoisotopic (exact) mass is 398 g/mol. The topological polar surface area (TPSA) is 20.2 Å². The number of fused-ring (bicyclic) bond motifs is 1. The lowest BCUT2D eigenvalue weighted by atomic mass is 9.60. The molecule has 3 rings (SSSR count). The van der Waals surface area contributed by atoms with Crippen LogP contribution < -0.4 is 0 Å². The average molecular weight is 399 g/mol. The predicted molar refractivity (Wildman–Crippen MR) is 126 cm³/mol. The summed E-state index contributed by atoms with van der Waals surface area (Å²) in [7, 11) is 0. The van der Waals surface area contributed by atoms with Crippen LogP contribution in [0.5, 0.6) is 0 Å². The van der Waals surface area contributed by atoms with Gasteiger partial charge in [-0.25, -0.2) is 0 Å². The third-order valence-corrected chi connectivity index (χ3v) is 8.69. The van der Waals surface area contributed by atoms with Crippen LogP contribution in [0.25, 0.3) is 0 Å². The smallest absolute Gasteiger partial charge is 0.0583 e. The van der Waals surface area contributed by atoms with Gasteiger partial charge in [-0.15, -0.1) is 0 Å². The molecule has 164 valence electrons. The van der Waals surface area contributed by atoms with Crippen LogP contribution in [0, 0.1) is 29.1 Å². The van der Waals surface area contributed by atoms with Crippen molar-refractivity contribution in [3.63, 3.8) is 0 Å². The quantitative estimate of drug-likeness (QED) is 0.480. The van der Waals surface area contributed by atoms with E-state index in [0.29, 0.717) is 5.41 Å². The second-order valence-electron chi connectivity index (χ2n) is 11.3. The van der Waals surface area contributed by atoms with E-state index >= 15 is 0 Å². The van der Waals surface area contributed by atoms with Gasteiger partial charge in [-0.05, 0) is 98.5 Å². The molecule has 0 aromatic carbocycles. The van der Waals surface area contributed by atoms with Gasteiger partial charge >= 0.3 is 0 Å². The van der Waals surface area contributed by atoms with Crippen molar-refractivity contribution < 1.29 is 5.11 Å². The Morgan fingerprint density at radius 1 is 1.17 bits per heavy atom. The summed E-state index contributed by atoms with van der Waals surface area (Å²) in [6.45, 7) is 16.4. The minimum atomic E-state index is -0.178. The second kappa shape index (κ2) is 9.54. The van der Waals surface area contributed by atoms with Gasteiger partial charge < -0.3 is 5.11 Å². The first-order valence-corrected chi connectivity index (χ1v) is 12.5. The van der Waals surface area contributed by atoms with Gasteiger partial charge in [0.15, 0.2) is 0 Å². The van der Waals surface area contributed by atoms with E-state index in [-0.39, 0.29) is 6.10 Å². The standard InChI is InChI=1S/C28H46O/c1-19(2)9-7-10-21(4)26-14-15-27-23(11-8-16-28(26,27)6)17-22(5)25-18-24(29)13-12-20(25)3/h17,19,21,24,26-27,29H,3,7-16,18H2,1-2,4-6H3/b23-17+,25-22+/t21-,24+,26-,27+,28-/m1/s1. The summed E-state index contributed by atoms with van der Waals surface area (Å²) < 4.78 is 0. The summed E-state index contributed by atoms with van der Waals surface area (Å²) in [5.74, 6) is 3.35. The normalized spacial score (nSPS) is 37.1. The maximum atomic E-state index is 10.1. The number of aliphatic hydroxyl groups excluding tert-OH is 1. The third kappa shape index (κ3) is 5.09. The lowest BCUT2D eigenvalue weighted by Gasteiger charge is -2.44. The zero-order chi connectivity index (χ0) is 21.2. The Bertz CT molecular complexity index is 651. The van der Waals surface area contributed by atoms with Gasteiger partial charge in [0, 0.05) is 0 Å². The predicted octanol–water partition coefficient (Wildman–Crippen LogP) is 8.01. The minimum absolute atomic E-state index is 0.178. The minimum Gasteiger partial charge on any atom is -0.393 e. The van der Waals surface area contributed by atoms with Gasteiger partial charge in [0.05, 0.1) is 6.10 Å². The van der Waals surface area contributed by atoms with Crippen molar-refractivity contribution in [1.29, 1.82) is 0 Å². The highest BCUT2D eigenvalue weighted by Gasteiger charge is 2.50. The van der Waals surface area contributed by atoms with Crippen molar-refractivity contribution >= 4 is 0 Å². The number of aliphatic hydroxyl groups is 1. The van der Waals surface area contributed by atoms with E-state index in [1.54, 1.807) is 5.57 Å². The van der Waals surface area contributed by atoms with Crippen molar-refractivity contribution in [2.45, 2.75) is 111 Å². The number of hydrogen-bond acceptors (Lipinski definition) is 1. The van der Waals surface area contributed by atoms with E-state index in [9.17, 15) is 5.11 Å². The Hall–Kier alpha value is -0.820. The first-order chi connectivity index (χ1) is 13.7. The summed E-state index contributed by atoms with van der Waals surface area (Å²) in [6.07, 6.45) is 16.0. The van der Waals surface area contributed by atoms with Gasteiger partial charge in [0.2, 0.25) is 0 Å². The summed E-state index contributed by atoms with van der Waals surface area (Å²) in [5.41, 5.74) is 6.16. The molecule has 0 aromatic rings. The molecule has 3 aliphatic carbocycles. The van der Waals surface area contributed by atoms with E-state index in [4.69, 9.17) is 0 Å². The largest absolute Gasteiger partial charge is 0.393 e. The SMILES string of the molecule is C=C1CC[C@H](O)C/C1=C(C)\C=C1/CCC[C@]2(C)[C@@H]([C@H](C)CCCC(C)C)CC[C@@H]12. The molecule has 0 unspecified atom stereocenters. The van der Waals surface area contributed by atoms with Crippen LogP contribution in [-0.4, -0.2) is 11.2 Å². The molecule has 1 N–H and O–H groups in total. The molecule has 0 amide bonds. The summed E-state index contributed by atoms with van der Waals surface area (Å²) in [5, 5.41) is 10.1. The first-order valence-electron chi connectivity index (χ1n) is 12.5. The van der Waals surface area contributed by atoms with Crippen LogP contribution in [0.2, 0.25) is 0 Å². The number of rotatable bonds is 6. The fourth-order valence-electron chi connectivity index (χ4n) is 7.02. The summed E-state index contributed by atoms with van der Waals surface area (Å²) in [6, 6.07) is 0. The molecule has 5 atom stereocenters. The van der Waals surface area contributed by atoms with E-state index in [1.165, 1.54) is 68.1 Å². The molecule has 1 heteroatoms. The molecule has 0 radical (unpaired) electrons. The van der Waals surface area contributed by atoms with Crippen LogP contribution in [0.15, 0.2) is 34.9 Å². The van der Waals surface area contributed by atoms with Gasteiger partial charge in [0.1, 0.15) is 0 Å². The molecular formula is C28H46O. The highest BCUT2D eigenvalue weighted by molar-refractivity contribution is 5.41. The third-order valence-electron chi connectivity index (χ3n) is 8.69. The second-order valence-corrected chi connectivity index (χ2v) is 11.3. The molecule has 0 spiro atoms. The Labute approximate surface area is 180 Å². The van der Waals surface area contributed by atoms with Crippen molar-refractivity contribution in [2.75, 3.05) is 0 Å². The van der Waals surface area contributed by atoms with Gasteiger partial charge in [-0.1, -0.05) is 70.8 Å². The lowest BCUT2D eigenvalue weighted by molar-refractivity contribution is 0.0928. The molecule has 0 aromatic heterocycles. The molecular weight excluding hydrogens is 352 g/mol. The lowest BCUT2D eigenvalue weighted by Crippen LogP contribution is -2.36. The van der Waals surface area contributed by atoms with Crippen LogP contribution in [0.4, 0.5) is 0 Å². The van der Waals surface area contributed by atoms with Crippen molar-refractivity contribution in [2.24, 2.45) is 29.1 Å². The van der Waals surface area contributed by atoms with Gasteiger partial charge in [-0.2, -0.15) is 0 Å². The summed E-state index contributed by atoms with van der Waals surface area (Å²) >= 11 is 0. The fourth-order valence-corrected chi connectivity index (χ4v) is 7.02. The van der Waals surface area contributed by atoms with E-state index < -0.39 is 0 Å². The molecule has 1 nitrogen and oxygen atoms in total. The zero-order valence-electron chi connectivity index (χ0n) is 19.9. The zero-order valence-corrected chi connectivity index (χ0v) is 19.9. The van der Waals surface area contributed by atoms with Crippen LogP contribution in [0.1, 0.15) is 105 Å². The molecule has 29 heavy (non-hydrogen) atoms. The van der Waals surface area contributed by atoms with E-state index in [1.807, 2.05) is 0 Å². The van der Waals surface area contributed by atoms with Crippen LogP contribution in [0.3, 0.4) is 0 Å².